The molecule has 0 spiro atoms. The van der Waals surface area contributed by atoms with Gasteiger partial charge in [0.2, 0.25) is 5.91 Å². The number of carbonyl (C=O) groups excluding carboxylic acids is 1. The van der Waals surface area contributed by atoms with Crippen molar-refractivity contribution in [1.82, 2.24) is 0 Å². The monoisotopic (exact) mass is 341 g/mol. The van der Waals surface area contributed by atoms with E-state index in [-0.39, 0.29) is 17.6 Å². The minimum atomic E-state index is -1.02. The summed E-state index contributed by atoms with van der Waals surface area (Å²) in [7, 11) is 0. The van der Waals surface area contributed by atoms with Crippen molar-refractivity contribution in [3.05, 3.63) is 27.7 Å². The summed E-state index contributed by atoms with van der Waals surface area (Å²) in [4.78, 5) is 23.1. The Kier molecular flexibility index (Phi) is 4.77. The molecule has 20 heavy (non-hydrogen) atoms. The van der Waals surface area contributed by atoms with E-state index in [9.17, 15) is 9.59 Å². The van der Waals surface area contributed by atoms with Crippen molar-refractivity contribution in [2.24, 2.45) is 0 Å². The predicted molar refractivity (Wildman–Crippen MR) is 78.1 cm³/mol. The fourth-order valence-electron chi connectivity index (χ4n) is 2.24. The summed E-state index contributed by atoms with van der Waals surface area (Å²) in [5, 5.41) is 11.9. The molecule has 0 aromatic heterocycles. The van der Waals surface area contributed by atoms with Crippen LogP contribution in [0.25, 0.3) is 0 Å². The minimum Gasteiger partial charge on any atom is -0.478 e. The van der Waals surface area contributed by atoms with Crippen LogP contribution in [0.1, 0.15) is 35.2 Å². The summed E-state index contributed by atoms with van der Waals surface area (Å²) < 4.78 is 6.03. The predicted octanol–water partition coefficient (Wildman–Crippen LogP) is 2.96. The first-order valence-electron chi connectivity index (χ1n) is 6.42. The molecule has 1 aromatic carbocycles. The Morgan fingerprint density at radius 2 is 2.25 bits per heavy atom. The maximum Gasteiger partial charge on any atom is 0.336 e. The fraction of sp³-hybridized carbons (Fsp3) is 0.429. The Morgan fingerprint density at radius 3 is 2.85 bits per heavy atom. The summed E-state index contributed by atoms with van der Waals surface area (Å²) in [6, 6.07) is 3.22. The molecule has 0 aliphatic carbocycles. The van der Waals surface area contributed by atoms with Gasteiger partial charge in [0.05, 0.1) is 18.1 Å². The molecule has 108 valence electrons. The zero-order chi connectivity index (χ0) is 14.7. The largest absolute Gasteiger partial charge is 0.478 e. The van der Waals surface area contributed by atoms with Crippen LogP contribution < -0.4 is 5.32 Å². The van der Waals surface area contributed by atoms with E-state index >= 15 is 0 Å². The second-order valence-corrected chi connectivity index (χ2v) is 5.73. The molecule has 6 heteroatoms. The van der Waals surface area contributed by atoms with Gasteiger partial charge in [-0.05, 0) is 37.5 Å². The molecule has 0 saturated carbocycles. The van der Waals surface area contributed by atoms with E-state index in [2.05, 4.69) is 21.2 Å². The number of anilines is 1. The van der Waals surface area contributed by atoms with Crippen LogP contribution in [0.3, 0.4) is 0 Å². The third-order valence-corrected chi connectivity index (χ3v) is 3.77. The van der Waals surface area contributed by atoms with Gasteiger partial charge in [-0.25, -0.2) is 4.79 Å². The van der Waals surface area contributed by atoms with Gasteiger partial charge in [-0.3, -0.25) is 4.79 Å². The summed E-state index contributed by atoms with van der Waals surface area (Å²) in [6.45, 7) is 2.38. The first kappa shape index (κ1) is 15.0. The topological polar surface area (TPSA) is 75.6 Å². The van der Waals surface area contributed by atoms with Gasteiger partial charge in [0, 0.05) is 16.8 Å². The number of rotatable bonds is 4. The molecule has 2 rings (SSSR count). The molecule has 1 aliphatic heterocycles. The van der Waals surface area contributed by atoms with Crippen molar-refractivity contribution in [3.8, 4) is 0 Å². The summed E-state index contributed by atoms with van der Waals surface area (Å²) in [5.41, 5.74) is 1.23. The SMILES string of the molecule is Cc1c(NC(=O)C[C@@H]2CCCO2)cc(Br)cc1C(=O)O. The molecule has 1 atom stereocenters. The lowest BCUT2D eigenvalue weighted by atomic mass is 10.1. The van der Waals surface area contributed by atoms with Crippen LogP contribution in [0, 0.1) is 6.92 Å². The van der Waals surface area contributed by atoms with Gasteiger partial charge in [-0.1, -0.05) is 15.9 Å². The number of hydrogen-bond acceptors (Lipinski definition) is 3. The zero-order valence-corrected chi connectivity index (χ0v) is 12.7. The molecule has 0 bridgehead atoms. The van der Waals surface area contributed by atoms with Crippen LogP contribution in [0.2, 0.25) is 0 Å². The van der Waals surface area contributed by atoms with Crippen LogP contribution in [-0.2, 0) is 9.53 Å². The van der Waals surface area contributed by atoms with Crippen molar-refractivity contribution in [3.63, 3.8) is 0 Å². The molecule has 1 aliphatic rings. The molecule has 1 saturated heterocycles. The van der Waals surface area contributed by atoms with Crippen molar-refractivity contribution < 1.29 is 19.4 Å². The van der Waals surface area contributed by atoms with Crippen LogP contribution in [-0.4, -0.2) is 29.7 Å². The number of carboxylic acid groups (broad SMARTS) is 1. The molecule has 1 fully saturated rings. The maximum atomic E-state index is 12.0. The zero-order valence-electron chi connectivity index (χ0n) is 11.1. The first-order chi connectivity index (χ1) is 9.47. The lowest BCUT2D eigenvalue weighted by Gasteiger charge is -2.13. The molecule has 0 unspecified atom stereocenters. The highest BCUT2D eigenvalue weighted by atomic mass is 79.9. The second-order valence-electron chi connectivity index (χ2n) is 4.82. The molecule has 5 nitrogen and oxygen atoms in total. The Bertz CT molecular complexity index is 538. The number of amides is 1. The van der Waals surface area contributed by atoms with E-state index in [0.717, 1.165) is 12.8 Å². The van der Waals surface area contributed by atoms with Crippen LogP contribution >= 0.6 is 15.9 Å². The quantitative estimate of drug-likeness (QED) is 0.882. The number of aromatic carboxylic acids is 1. The highest BCUT2D eigenvalue weighted by molar-refractivity contribution is 9.10. The number of carboxylic acids is 1. The van der Waals surface area contributed by atoms with Gasteiger partial charge in [0.25, 0.3) is 0 Å². The number of carbonyl (C=O) groups is 2. The lowest BCUT2D eigenvalue weighted by Crippen LogP contribution is -2.20. The third-order valence-electron chi connectivity index (χ3n) is 3.31. The first-order valence-corrected chi connectivity index (χ1v) is 7.21. The highest BCUT2D eigenvalue weighted by Gasteiger charge is 2.20. The number of benzene rings is 1. The van der Waals surface area contributed by atoms with Gasteiger partial charge >= 0.3 is 5.97 Å². The van der Waals surface area contributed by atoms with E-state index in [0.29, 0.717) is 28.8 Å². The van der Waals surface area contributed by atoms with Gasteiger partial charge < -0.3 is 15.2 Å². The van der Waals surface area contributed by atoms with E-state index in [4.69, 9.17) is 9.84 Å². The molecule has 2 N–H and O–H groups in total. The van der Waals surface area contributed by atoms with E-state index in [1.807, 2.05) is 0 Å². The fourth-order valence-corrected chi connectivity index (χ4v) is 2.70. The number of nitrogens with one attached hydrogen (secondary N) is 1. The van der Waals surface area contributed by atoms with Crippen LogP contribution in [0.15, 0.2) is 16.6 Å². The standard InChI is InChI=1S/C14H16BrNO4/c1-8-11(14(18)19)5-9(15)6-12(8)16-13(17)7-10-3-2-4-20-10/h5-6,10H,2-4,7H2,1H3,(H,16,17)(H,18,19)/t10-/m0/s1. The molecular formula is C14H16BrNO4. The molecule has 1 heterocycles. The van der Waals surface area contributed by atoms with Crippen molar-refractivity contribution >= 4 is 33.5 Å². The molecular weight excluding hydrogens is 326 g/mol. The number of hydrogen-bond donors (Lipinski definition) is 2. The van der Waals surface area contributed by atoms with E-state index < -0.39 is 5.97 Å². The van der Waals surface area contributed by atoms with Gasteiger partial charge in [-0.15, -0.1) is 0 Å². The molecule has 0 radical (unpaired) electrons. The third kappa shape index (κ3) is 3.58. The Labute approximate surface area is 125 Å². The highest BCUT2D eigenvalue weighted by Crippen LogP contribution is 2.26. The normalized spacial score (nSPS) is 18.0. The lowest BCUT2D eigenvalue weighted by molar-refractivity contribution is -0.118. The van der Waals surface area contributed by atoms with Gasteiger partial charge in [0.1, 0.15) is 0 Å². The van der Waals surface area contributed by atoms with Crippen LogP contribution in [0.5, 0.6) is 0 Å². The Morgan fingerprint density at radius 1 is 1.50 bits per heavy atom. The van der Waals surface area contributed by atoms with Crippen molar-refractivity contribution in [2.75, 3.05) is 11.9 Å². The summed E-state index contributed by atoms with van der Waals surface area (Å²) in [5.74, 6) is -1.17. The Balaban J connectivity index is 2.12. The van der Waals surface area contributed by atoms with Gasteiger partial charge in [0.15, 0.2) is 0 Å². The maximum absolute atomic E-state index is 12.0. The Hall–Kier alpha value is -1.40. The van der Waals surface area contributed by atoms with E-state index in [1.54, 1.807) is 13.0 Å². The molecule has 1 aromatic rings. The average molecular weight is 342 g/mol. The average Bonchev–Trinajstić information content (AvgIpc) is 2.85. The van der Waals surface area contributed by atoms with Crippen molar-refractivity contribution in [2.45, 2.75) is 32.3 Å². The summed E-state index contributed by atoms with van der Waals surface area (Å²) >= 11 is 3.25. The minimum absolute atomic E-state index is 0.0265. The smallest absolute Gasteiger partial charge is 0.336 e. The number of halogens is 1. The number of ether oxygens (including phenoxy) is 1. The van der Waals surface area contributed by atoms with Crippen molar-refractivity contribution in [1.29, 1.82) is 0 Å². The molecule has 1 amide bonds. The van der Waals surface area contributed by atoms with Gasteiger partial charge in [-0.2, -0.15) is 0 Å². The summed E-state index contributed by atoms with van der Waals surface area (Å²) in [6.07, 6.45) is 2.15. The van der Waals surface area contributed by atoms with E-state index in [1.165, 1.54) is 6.07 Å². The second kappa shape index (κ2) is 6.37. The van der Waals surface area contributed by atoms with Crippen LogP contribution in [0.4, 0.5) is 5.69 Å².